The normalized spacial score (nSPS) is 14.6. The lowest BCUT2D eigenvalue weighted by molar-refractivity contribution is 0.0951. The Hall–Kier alpha value is -2.54. The van der Waals surface area contributed by atoms with Crippen LogP contribution in [-0.4, -0.2) is 40.7 Å². The van der Waals surface area contributed by atoms with Gasteiger partial charge in [-0.25, -0.2) is 8.42 Å². The van der Waals surface area contributed by atoms with Crippen molar-refractivity contribution in [3.05, 3.63) is 59.7 Å². The zero-order chi connectivity index (χ0) is 20.1. The quantitative estimate of drug-likeness (QED) is 0.808. The van der Waals surface area contributed by atoms with Gasteiger partial charge in [0.1, 0.15) is 0 Å². The number of hydrogen-bond acceptors (Lipinski definition) is 4. The summed E-state index contributed by atoms with van der Waals surface area (Å²) in [6.07, 6.45) is 4.95. The van der Waals surface area contributed by atoms with Gasteiger partial charge in [-0.3, -0.25) is 9.10 Å². The molecule has 1 aliphatic rings. The molecule has 0 unspecified atom stereocenters. The van der Waals surface area contributed by atoms with Crippen LogP contribution in [0.3, 0.4) is 0 Å². The maximum absolute atomic E-state index is 12.4. The first-order valence-electron chi connectivity index (χ1n) is 9.51. The van der Waals surface area contributed by atoms with Crippen LogP contribution < -0.4 is 14.5 Å². The van der Waals surface area contributed by atoms with Gasteiger partial charge in [-0.2, -0.15) is 0 Å². The molecule has 2 aromatic carbocycles. The van der Waals surface area contributed by atoms with Gasteiger partial charge in [0.15, 0.2) is 0 Å². The second kappa shape index (κ2) is 8.65. The fourth-order valence-electron chi connectivity index (χ4n) is 3.28. The largest absolute Gasteiger partial charge is 0.372 e. The Balaban J connectivity index is 1.56. The van der Waals surface area contributed by atoms with Crippen LogP contribution in [0, 0.1) is 0 Å². The third-order valence-electron chi connectivity index (χ3n) is 5.10. The molecule has 1 amide bonds. The molecule has 1 N–H and O–H groups in total. The van der Waals surface area contributed by atoms with Gasteiger partial charge in [-0.15, -0.1) is 0 Å². The lowest BCUT2D eigenvalue weighted by atomic mass is 10.1. The molecule has 0 aliphatic carbocycles. The van der Waals surface area contributed by atoms with Crippen molar-refractivity contribution in [2.24, 2.45) is 0 Å². The standard InChI is InChI=1S/C21H27N3O3S/c1-23(28(2,26)27)19-12-8-18(9-13-19)21(25)22-16-17-6-10-20(11-7-17)24-14-4-3-5-15-24/h6-13H,3-5,14-16H2,1-2H3,(H,22,25). The maximum atomic E-state index is 12.4. The van der Waals surface area contributed by atoms with Crippen LogP contribution >= 0.6 is 0 Å². The highest BCUT2D eigenvalue weighted by Crippen LogP contribution is 2.20. The Morgan fingerprint density at radius 3 is 2.18 bits per heavy atom. The van der Waals surface area contributed by atoms with Gasteiger partial charge in [0.25, 0.3) is 5.91 Å². The summed E-state index contributed by atoms with van der Waals surface area (Å²) in [5.74, 6) is -0.186. The van der Waals surface area contributed by atoms with Crippen molar-refractivity contribution in [1.82, 2.24) is 5.32 Å². The van der Waals surface area contributed by atoms with Gasteiger partial charge in [-0.1, -0.05) is 12.1 Å². The molecule has 0 bridgehead atoms. The summed E-state index contributed by atoms with van der Waals surface area (Å²) >= 11 is 0. The average Bonchev–Trinajstić information content (AvgIpc) is 2.72. The van der Waals surface area contributed by atoms with E-state index < -0.39 is 10.0 Å². The summed E-state index contributed by atoms with van der Waals surface area (Å²) < 4.78 is 24.3. The number of benzene rings is 2. The summed E-state index contributed by atoms with van der Waals surface area (Å²) in [6.45, 7) is 2.67. The third kappa shape index (κ3) is 5.04. The van der Waals surface area contributed by atoms with Crippen molar-refractivity contribution in [2.75, 3.05) is 35.6 Å². The fourth-order valence-corrected chi connectivity index (χ4v) is 3.78. The van der Waals surface area contributed by atoms with E-state index in [0.717, 1.165) is 24.9 Å². The minimum Gasteiger partial charge on any atom is -0.372 e. The lowest BCUT2D eigenvalue weighted by Crippen LogP contribution is -2.29. The predicted molar refractivity (Wildman–Crippen MR) is 113 cm³/mol. The van der Waals surface area contributed by atoms with Crippen LogP contribution in [0.15, 0.2) is 48.5 Å². The molecular weight excluding hydrogens is 374 g/mol. The van der Waals surface area contributed by atoms with E-state index in [1.165, 1.54) is 36.3 Å². The monoisotopic (exact) mass is 401 g/mol. The van der Waals surface area contributed by atoms with E-state index in [1.807, 2.05) is 12.1 Å². The van der Waals surface area contributed by atoms with Crippen LogP contribution in [0.1, 0.15) is 35.2 Å². The summed E-state index contributed by atoms with van der Waals surface area (Å²) in [4.78, 5) is 14.8. The summed E-state index contributed by atoms with van der Waals surface area (Å²) in [7, 11) is -1.83. The molecule has 3 rings (SSSR count). The van der Waals surface area contributed by atoms with E-state index in [9.17, 15) is 13.2 Å². The Labute approximate surface area is 167 Å². The van der Waals surface area contributed by atoms with Gasteiger partial charge in [0, 0.05) is 37.9 Å². The number of sulfonamides is 1. The Morgan fingerprint density at radius 2 is 1.61 bits per heavy atom. The molecular formula is C21H27N3O3S. The van der Waals surface area contributed by atoms with E-state index >= 15 is 0 Å². The first-order chi connectivity index (χ1) is 13.3. The van der Waals surface area contributed by atoms with Gasteiger partial charge < -0.3 is 10.2 Å². The van der Waals surface area contributed by atoms with Crippen molar-refractivity contribution in [2.45, 2.75) is 25.8 Å². The molecule has 7 heteroatoms. The van der Waals surface area contributed by atoms with Gasteiger partial charge in [0.05, 0.1) is 11.9 Å². The first-order valence-corrected chi connectivity index (χ1v) is 11.4. The molecule has 28 heavy (non-hydrogen) atoms. The number of nitrogens with zero attached hydrogens (tertiary/aromatic N) is 2. The van der Waals surface area contributed by atoms with Crippen molar-refractivity contribution in [3.63, 3.8) is 0 Å². The van der Waals surface area contributed by atoms with Gasteiger partial charge in [0.2, 0.25) is 10.0 Å². The molecule has 1 aliphatic heterocycles. The molecule has 1 heterocycles. The molecule has 0 atom stereocenters. The second-order valence-electron chi connectivity index (χ2n) is 7.17. The van der Waals surface area contributed by atoms with Crippen molar-refractivity contribution >= 4 is 27.3 Å². The summed E-state index contributed by atoms with van der Waals surface area (Å²) in [5, 5.41) is 2.91. The number of amides is 1. The Bertz CT molecular complexity index is 903. The SMILES string of the molecule is CN(c1ccc(C(=O)NCc2ccc(N3CCCCC3)cc2)cc1)S(C)(=O)=O. The Morgan fingerprint density at radius 1 is 1.00 bits per heavy atom. The maximum Gasteiger partial charge on any atom is 0.251 e. The topological polar surface area (TPSA) is 69.7 Å². The minimum atomic E-state index is -3.32. The van der Waals surface area contributed by atoms with E-state index in [-0.39, 0.29) is 5.91 Å². The predicted octanol–water partition coefficient (Wildman–Crippen LogP) is 3.00. The smallest absolute Gasteiger partial charge is 0.251 e. The summed E-state index contributed by atoms with van der Waals surface area (Å²) in [6, 6.07) is 14.8. The van der Waals surface area contributed by atoms with E-state index in [4.69, 9.17) is 0 Å². The van der Waals surface area contributed by atoms with Crippen LogP contribution in [0.25, 0.3) is 0 Å². The average molecular weight is 402 g/mol. The van der Waals surface area contributed by atoms with Crippen LogP contribution in [0.2, 0.25) is 0 Å². The molecule has 0 spiro atoms. The third-order valence-corrected chi connectivity index (χ3v) is 6.31. The highest BCUT2D eigenvalue weighted by molar-refractivity contribution is 7.92. The zero-order valence-electron chi connectivity index (χ0n) is 16.4. The van der Waals surface area contributed by atoms with Crippen molar-refractivity contribution < 1.29 is 13.2 Å². The summed E-state index contributed by atoms with van der Waals surface area (Å²) in [5.41, 5.74) is 3.30. The van der Waals surface area contributed by atoms with Crippen molar-refractivity contribution in [1.29, 1.82) is 0 Å². The van der Waals surface area contributed by atoms with E-state index in [2.05, 4.69) is 22.3 Å². The van der Waals surface area contributed by atoms with Crippen LogP contribution in [-0.2, 0) is 16.6 Å². The van der Waals surface area contributed by atoms with E-state index in [1.54, 1.807) is 24.3 Å². The molecule has 0 aromatic heterocycles. The second-order valence-corrected chi connectivity index (χ2v) is 9.19. The molecule has 150 valence electrons. The molecule has 1 saturated heterocycles. The van der Waals surface area contributed by atoms with Gasteiger partial charge in [-0.05, 0) is 61.2 Å². The number of piperidine rings is 1. The number of hydrogen-bond donors (Lipinski definition) is 1. The lowest BCUT2D eigenvalue weighted by Gasteiger charge is -2.28. The molecule has 1 fully saturated rings. The molecule has 2 aromatic rings. The number of anilines is 2. The van der Waals surface area contributed by atoms with Crippen molar-refractivity contribution in [3.8, 4) is 0 Å². The number of carbonyl (C=O) groups excluding carboxylic acids is 1. The Kier molecular flexibility index (Phi) is 6.24. The van der Waals surface area contributed by atoms with Gasteiger partial charge >= 0.3 is 0 Å². The van der Waals surface area contributed by atoms with E-state index in [0.29, 0.717) is 17.8 Å². The highest BCUT2D eigenvalue weighted by atomic mass is 32.2. The number of nitrogens with one attached hydrogen (secondary N) is 1. The molecule has 0 saturated carbocycles. The first kappa shape index (κ1) is 20.2. The highest BCUT2D eigenvalue weighted by Gasteiger charge is 2.13. The number of carbonyl (C=O) groups is 1. The zero-order valence-corrected chi connectivity index (χ0v) is 17.2. The number of rotatable bonds is 6. The van der Waals surface area contributed by atoms with Crippen LogP contribution in [0.4, 0.5) is 11.4 Å². The van der Waals surface area contributed by atoms with Crippen LogP contribution in [0.5, 0.6) is 0 Å². The fraction of sp³-hybridized carbons (Fsp3) is 0.381. The molecule has 6 nitrogen and oxygen atoms in total. The minimum absolute atomic E-state index is 0.186. The molecule has 0 radical (unpaired) electrons.